The number of pyridine rings is 1. The van der Waals surface area contributed by atoms with Crippen LogP contribution < -0.4 is 20.0 Å². The summed E-state index contributed by atoms with van der Waals surface area (Å²) in [5.74, 6) is -0.468. The quantitative estimate of drug-likeness (QED) is 0.414. The van der Waals surface area contributed by atoms with Crippen LogP contribution in [-0.2, 0) is 4.74 Å². The molecule has 9 nitrogen and oxygen atoms in total. The Morgan fingerprint density at radius 2 is 2.05 bits per heavy atom. The second-order valence-electron chi connectivity index (χ2n) is 10.0. The maximum absolute atomic E-state index is 12.8. The number of aromatic nitrogens is 2. The molecule has 0 spiro atoms. The van der Waals surface area contributed by atoms with Crippen LogP contribution in [0.4, 0.5) is 10.8 Å². The number of methoxy groups -OCH3 is 1. The smallest absolute Gasteiger partial charge is 0.341 e. The zero-order chi connectivity index (χ0) is 26.0. The number of nitrogens with zero attached hydrogens (tertiary/aromatic N) is 4. The Morgan fingerprint density at radius 3 is 2.87 bits per heavy atom. The first kappa shape index (κ1) is 23.2. The molecule has 10 heteroatoms. The lowest BCUT2D eigenvalue weighted by molar-refractivity contribution is 0.0694. The molecule has 7 rings (SSSR count). The fourth-order valence-electron chi connectivity index (χ4n) is 5.60. The van der Waals surface area contributed by atoms with Crippen molar-refractivity contribution in [2.24, 2.45) is 0 Å². The molecule has 3 aliphatic rings. The van der Waals surface area contributed by atoms with Crippen molar-refractivity contribution in [1.82, 2.24) is 9.55 Å². The van der Waals surface area contributed by atoms with E-state index in [1.807, 2.05) is 36.4 Å². The Bertz CT molecular complexity index is 1640. The molecule has 0 bridgehead atoms. The first-order chi connectivity index (χ1) is 18.5. The lowest BCUT2D eigenvalue weighted by atomic mass is 10.1. The van der Waals surface area contributed by atoms with Crippen LogP contribution in [0.3, 0.4) is 0 Å². The van der Waals surface area contributed by atoms with Gasteiger partial charge in [-0.2, -0.15) is 0 Å². The molecule has 1 N–H and O–H groups in total. The van der Waals surface area contributed by atoms with E-state index < -0.39 is 11.4 Å². The number of hydrogen-bond donors (Lipinski definition) is 1. The number of carbonyl (C=O) groups is 1. The van der Waals surface area contributed by atoms with Crippen molar-refractivity contribution in [1.29, 1.82) is 0 Å². The van der Waals surface area contributed by atoms with E-state index >= 15 is 0 Å². The summed E-state index contributed by atoms with van der Waals surface area (Å²) < 4.78 is 14.3. The normalized spacial score (nSPS) is 18.7. The van der Waals surface area contributed by atoms with Crippen molar-refractivity contribution in [3.63, 3.8) is 0 Å². The van der Waals surface area contributed by atoms with Gasteiger partial charge in [-0.3, -0.25) is 4.79 Å². The average Bonchev–Trinajstić information content (AvgIpc) is 3.54. The van der Waals surface area contributed by atoms with Crippen LogP contribution in [0.5, 0.6) is 5.75 Å². The predicted molar refractivity (Wildman–Crippen MR) is 146 cm³/mol. The number of benzene rings is 2. The summed E-state index contributed by atoms with van der Waals surface area (Å²) in [6, 6.07) is 13.6. The van der Waals surface area contributed by atoms with Gasteiger partial charge >= 0.3 is 5.97 Å². The number of carboxylic acids is 1. The molecule has 0 unspecified atom stereocenters. The van der Waals surface area contributed by atoms with Crippen molar-refractivity contribution in [3.8, 4) is 22.7 Å². The van der Waals surface area contributed by atoms with Gasteiger partial charge < -0.3 is 28.9 Å². The summed E-state index contributed by atoms with van der Waals surface area (Å²) in [7, 11) is 1.72. The van der Waals surface area contributed by atoms with Crippen molar-refractivity contribution in [2.45, 2.75) is 25.0 Å². The van der Waals surface area contributed by atoms with E-state index in [0.717, 1.165) is 70.5 Å². The Labute approximate surface area is 222 Å². The van der Waals surface area contributed by atoms with Crippen molar-refractivity contribution < 1.29 is 19.4 Å². The summed E-state index contributed by atoms with van der Waals surface area (Å²) in [6.45, 7) is 3.29. The molecule has 3 aliphatic heterocycles. The maximum Gasteiger partial charge on any atom is 0.341 e. The highest BCUT2D eigenvalue weighted by Crippen LogP contribution is 2.41. The maximum atomic E-state index is 12.8. The van der Waals surface area contributed by atoms with Crippen molar-refractivity contribution >= 4 is 38.3 Å². The molecule has 4 aromatic rings. The second-order valence-corrected chi connectivity index (χ2v) is 11.0. The van der Waals surface area contributed by atoms with Gasteiger partial charge in [0, 0.05) is 50.3 Å². The van der Waals surface area contributed by atoms with Crippen molar-refractivity contribution in [3.05, 3.63) is 64.4 Å². The summed E-state index contributed by atoms with van der Waals surface area (Å²) in [5.41, 5.74) is 3.27. The lowest BCUT2D eigenvalue weighted by Crippen LogP contribution is -2.51. The molecule has 2 saturated heterocycles. The first-order valence-corrected chi connectivity index (χ1v) is 13.5. The molecule has 0 radical (unpaired) electrons. The van der Waals surface area contributed by atoms with E-state index in [4.69, 9.17) is 14.5 Å². The van der Waals surface area contributed by atoms with Gasteiger partial charge in [0.2, 0.25) is 0 Å². The predicted octanol–water partition coefficient (Wildman–Crippen LogP) is 4.01. The molecule has 5 heterocycles. The molecule has 194 valence electrons. The summed E-state index contributed by atoms with van der Waals surface area (Å²) >= 11 is 1.59. The molecule has 0 saturated carbocycles. The van der Waals surface area contributed by atoms with Gasteiger partial charge in [-0.25, -0.2) is 9.78 Å². The molecule has 1 atom stereocenters. The first-order valence-electron chi connectivity index (χ1n) is 12.7. The molecular weight excluding hydrogens is 504 g/mol. The fraction of sp³-hybridized carbons (Fsp3) is 0.321. The number of anilines is 2. The van der Waals surface area contributed by atoms with Gasteiger partial charge in [0.15, 0.2) is 10.6 Å². The molecule has 0 amide bonds. The van der Waals surface area contributed by atoms with Crippen LogP contribution in [0.15, 0.2) is 53.5 Å². The van der Waals surface area contributed by atoms with Crippen molar-refractivity contribution in [2.75, 3.05) is 43.2 Å². The second kappa shape index (κ2) is 8.85. The zero-order valence-electron chi connectivity index (χ0n) is 20.8. The van der Waals surface area contributed by atoms with Gasteiger partial charge in [-0.15, -0.1) is 0 Å². The third kappa shape index (κ3) is 3.74. The SMILES string of the molecule is COC1CN(c2nc3ccc(-n4cc(C(=O)O)c(=O)cc4-c4ccc5c(c4)OC[C@@H]4CCCN54)cc3s2)C1. The van der Waals surface area contributed by atoms with Gasteiger partial charge in [-0.1, -0.05) is 17.4 Å². The highest BCUT2D eigenvalue weighted by molar-refractivity contribution is 7.22. The van der Waals surface area contributed by atoms with Crippen LogP contribution in [-0.4, -0.2) is 66.1 Å². The van der Waals surface area contributed by atoms with Gasteiger partial charge in [-0.05, 0) is 43.2 Å². The number of carboxylic acid groups (broad SMARTS) is 1. The molecule has 38 heavy (non-hydrogen) atoms. The van der Waals surface area contributed by atoms with Gasteiger partial charge in [0.05, 0.1) is 33.7 Å². The average molecular weight is 531 g/mol. The van der Waals surface area contributed by atoms with E-state index in [-0.39, 0.29) is 11.7 Å². The third-order valence-electron chi connectivity index (χ3n) is 7.75. The number of fused-ring (bicyclic) bond motifs is 4. The highest BCUT2D eigenvalue weighted by atomic mass is 32.1. The summed E-state index contributed by atoms with van der Waals surface area (Å²) in [4.78, 5) is 34.0. The fourth-order valence-corrected chi connectivity index (χ4v) is 6.62. The largest absolute Gasteiger partial charge is 0.489 e. The topological polar surface area (TPSA) is 97.1 Å². The molecule has 2 aromatic carbocycles. The number of thiazole rings is 1. The van der Waals surface area contributed by atoms with Gasteiger partial charge in [0.1, 0.15) is 17.9 Å². The van der Waals surface area contributed by atoms with Crippen LogP contribution in [0, 0.1) is 0 Å². The summed E-state index contributed by atoms with van der Waals surface area (Å²) in [6.07, 6.45) is 3.92. The molecule has 0 aliphatic carbocycles. The van der Waals surface area contributed by atoms with Gasteiger partial charge in [0.25, 0.3) is 0 Å². The van der Waals surface area contributed by atoms with E-state index in [0.29, 0.717) is 18.3 Å². The minimum Gasteiger partial charge on any atom is -0.489 e. The molecule has 2 fully saturated rings. The number of aromatic carboxylic acids is 1. The Morgan fingerprint density at radius 1 is 1.18 bits per heavy atom. The third-order valence-corrected chi connectivity index (χ3v) is 8.82. The minimum atomic E-state index is -1.25. The van der Waals surface area contributed by atoms with E-state index in [1.165, 1.54) is 12.3 Å². The van der Waals surface area contributed by atoms with Crippen LogP contribution >= 0.6 is 11.3 Å². The Balaban J connectivity index is 1.32. The standard InChI is InChI=1S/C28H26N4O5S/c1-36-19-12-30(13-19)28-29-21-6-5-17(10-26(21)38-28)32-14-20(27(34)35)24(33)11-23(32)16-4-7-22-25(9-16)37-15-18-3-2-8-31(18)22/h4-7,9-11,14,18-19H,2-3,8,12-13,15H2,1H3,(H,34,35)/t18-/m0/s1. The van der Waals surface area contributed by atoms with Crippen LogP contribution in [0.1, 0.15) is 23.2 Å². The van der Waals surface area contributed by atoms with E-state index in [2.05, 4.69) is 9.80 Å². The van der Waals surface area contributed by atoms with E-state index in [1.54, 1.807) is 23.0 Å². The molecular formula is C28H26N4O5S. The Hall–Kier alpha value is -3.89. The monoisotopic (exact) mass is 530 g/mol. The Kier molecular flexibility index (Phi) is 5.41. The highest BCUT2D eigenvalue weighted by Gasteiger charge is 2.32. The minimum absolute atomic E-state index is 0.229. The number of ether oxygens (including phenoxy) is 2. The van der Waals surface area contributed by atoms with Crippen LogP contribution in [0.25, 0.3) is 27.2 Å². The van der Waals surface area contributed by atoms with Crippen LogP contribution in [0.2, 0.25) is 0 Å². The summed E-state index contributed by atoms with van der Waals surface area (Å²) in [5, 5.41) is 10.6. The molecule has 2 aromatic heterocycles. The zero-order valence-corrected chi connectivity index (χ0v) is 21.6. The lowest BCUT2D eigenvalue weighted by Gasteiger charge is -2.37. The van der Waals surface area contributed by atoms with E-state index in [9.17, 15) is 14.7 Å². The number of hydrogen-bond acceptors (Lipinski definition) is 8. The number of rotatable bonds is 5.